The summed E-state index contributed by atoms with van der Waals surface area (Å²) in [7, 11) is 0. The van der Waals surface area contributed by atoms with Crippen LogP contribution in [0.15, 0.2) is 60.2 Å². The lowest BCUT2D eigenvalue weighted by atomic mass is 9.82. The van der Waals surface area contributed by atoms with Gasteiger partial charge in [-0.3, -0.25) is 10.1 Å². The van der Waals surface area contributed by atoms with Crippen LogP contribution >= 0.6 is 0 Å². The highest BCUT2D eigenvalue weighted by atomic mass is 16.5. The van der Waals surface area contributed by atoms with Crippen molar-refractivity contribution in [2.24, 2.45) is 5.73 Å². The summed E-state index contributed by atoms with van der Waals surface area (Å²) in [6.07, 6.45) is 9.99. The summed E-state index contributed by atoms with van der Waals surface area (Å²) in [5.74, 6) is 0.776. The Morgan fingerprint density at radius 3 is 2.57 bits per heavy atom. The van der Waals surface area contributed by atoms with E-state index in [-0.39, 0.29) is 11.8 Å². The van der Waals surface area contributed by atoms with Gasteiger partial charge in [-0.05, 0) is 36.0 Å². The summed E-state index contributed by atoms with van der Waals surface area (Å²) in [5.41, 5.74) is 11.4. The maximum Gasteiger partial charge on any atom is 0.244 e. The first-order valence-corrected chi connectivity index (χ1v) is 10.4. The first-order chi connectivity index (χ1) is 14.8. The van der Waals surface area contributed by atoms with Crippen molar-refractivity contribution in [2.75, 3.05) is 0 Å². The van der Waals surface area contributed by atoms with Crippen molar-refractivity contribution in [1.29, 1.82) is 5.26 Å². The van der Waals surface area contributed by atoms with Crippen molar-refractivity contribution in [3.8, 4) is 23.2 Å². The molecule has 30 heavy (non-hydrogen) atoms. The second kappa shape index (κ2) is 7.68. The van der Waals surface area contributed by atoms with Gasteiger partial charge in [-0.1, -0.05) is 49.6 Å². The van der Waals surface area contributed by atoms with Gasteiger partial charge < -0.3 is 10.5 Å². The van der Waals surface area contributed by atoms with Gasteiger partial charge in [0.15, 0.2) is 0 Å². The molecule has 0 unspecified atom stereocenters. The molecule has 150 valence electrons. The molecule has 0 bridgehead atoms. The molecule has 2 aliphatic rings. The molecule has 1 aromatic carbocycles. The molecule has 1 aliphatic heterocycles. The number of pyridine rings is 1. The van der Waals surface area contributed by atoms with Gasteiger partial charge in [0, 0.05) is 18.0 Å². The SMILES string of the molecule is N#CC1=C(N)Oc2n[nH]c(-c3ccc(C4CCCCC4)cc3)c2[C@@H]1c1cccnc1. The van der Waals surface area contributed by atoms with Crippen LogP contribution in [0.25, 0.3) is 11.3 Å². The minimum atomic E-state index is -0.376. The second-order valence-corrected chi connectivity index (χ2v) is 7.99. The van der Waals surface area contributed by atoms with E-state index in [2.05, 4.69) is 45.5 Å². The Balaban J connectivity index is 1.57. The summed E-state index contributed by atoms with van der Waals surface area (Å²) in [6, 6.07) is 14.7. The molecular formula is C24H23N5O. The van der Waals surface area contributed by atoms with Crippen LogP contribution in [0.3, 0.4) is 0 Å². The Bertz CT molecular complexity index is 1120. The number of rotatable bonds is 3. The molecule has 1 aliphatic carbocycles. The van der Waals surface area contributed by atoms with E-state index in [1.54, 1.807) is 12.4 Å². The second-order valence-electron chi connectivity index (χ2n) is 7.99. The van der Waals surface area contributed by atoms with E-state index >= 15 is 0 Å². The quantitative estimate of drug-likeness (QED) is 0.665. The summed E-state index contributed by atoms with van der Waals surface area (Å²) >= 11 is 0. The molecule has 3 N–H and O–H groups in total. The topological polar surface area (TPSA) is 101 Å². The number of hydrogen-bond acceptors (Lipinski definition) is 5. The summed E-state index contributed by atoms with van der Waals surface area (Å²) < 4.78 is 5.68. The summed E-state index contributed by atoms with van der Waals surface area (Å²) in [5, 5.41) is 17.2. The van der Waals surface area contributed by atoms with Gasteiger partial charge in [0.05, 0.1) is 17.2 Å². The van der Waals surface area contributed by atoms with Crippen LogP contribution in [-0.4, -0.2) is 15.2 Å². The predicted octanol–water partition coefficient (Wildman–Crippen LogP) is 4.74. The average Bonchev–Trinajstić information content (AvgIpc) is 3.22. The number of nitriles is 1. The first kappa shape index (κ1) is 18.4. The highest BCUT2D eigenvalue weighted by Gasteiger charge is 2.35. The Morgan fingerprint density at radius 1 is 1.07 bits per heavy atom. The maximum absolute atomic E-state index is 9.78. The normalized spacial score (nSPS) is 19.1. The lowest BCUT2D eigenvalue weighted by Crippen LogP contribution is -2.21. The van der Waals surface area contributed by atoms with E-state index < -0.39 is 0 Å². The van der Waals surface area contributed by atoms with Gasteiger partial charge in [0.2, 0.25) is 11.8 Å². The van der Waals surface area contributed by atoms with Gasteiger partial charge in [0.25, 0.3) is 0 Å². The van der Waals surface area contributed by atoms with Crippen LogP contribution in [0.2, 0.25) is 0 Å². The lowest BCUT2D eigenvalue weighted by Gasteiger charge is -2.24. The van der Waals surface area contributed by atoms with E-state index in [9.17, 15) is 5.26 Å². The molecule has 0 saturated heterocycles. The molecule has 3 aromatic rings. The zero-order valence-electron chi connectivity index (χ0n) is 16.6. The number of allylic oxidation sites excluding steroid dienone is 1. The van der Waals surface area contributed by atoms with E-state index in [0.717, 1.165) is 22.4 Å². The number of nitrogens with zero attached hydrogens (tertiary/aromatic N) is 3. The number of nitrogens with one attached hydrogen (secondary N) is 1. The van der Waals surface area contributed by atoms with Crippen molar-refractivity contribution < 1.29 is 4.74 Å². The largest absolute Gasteiger partial charge is 0.420 e. The molecule has 1 saturated carbocycles. The number of aromatic amines is 1. The van der Waals surface area contributed by atoms with Crippen LogP contribution < -0.4 is 10.5 Å². The Hall–Kier alpha value is -3.59. The third-order valence-corrected chi connectivity index (χ3v) is 6.23. The monoisotopic (exact) mass is 397 g/mol. The minimum absolute atomic E-state index is 0.0875. The molecule has 0 radical (unpaired) electrons. The fraction of sp³-hybridized carbons (Fsp3) is 0.292. The highest BCUT2D eigenvalue weighted by Crippen LogP contribution is 2.45. The smallest absolute Gasteiger partial charge is 0.244 e. The average molecular weight is 397 g/mol. The van der Waals surface area contributed by atoms with Crippen LogP contribution in [-0.2, 0) is 0 Å². The molecule has 6 heteroatoms. The van der Waals surface area contributed by atoms with Crippen LogP contribution in [0.1, 0.15) is 60.6 Å². The standard InChI is InChI=1S/C24H23N5O/c25-13-19-20(18-7-4-12-27-14-18)21-22(28-29-24(21)30-23(19)26)17-10-8-16(9-11-17)15-5-2-1-3-6-15/h4,7-12,14-15,20H,1-3,5-6,26H2,(H,28,29)/t20-/m1/s1. The van der Waals surface area contributed by atoms with Crippen molar-refractivity contribution in [1.82, 2.24) is 15.2 Å². The number of aromatic nitrogens is 3. The number of H-pyrrole nitrogens is 1. The van der Waals surface area contributed by atoms with Gasteiger partial charge in [-0.2, -0.15) is 5.26 Å². The summed E-state index contributed by atoms with van der Waals surface area (Å²) in [6.45, 7) is 0. The molecule has 1 atom stereocenters. The summed E-state index contributed by atoms with van der Waals surface area (Å²) in [4.78, 5) is 4.23. The van der Waals surface area contributed by atoms with Crippen LogP contribution in [0.5, 0.6) is 5.88 Å². The van der Waals surface area contributed by atoms with Crippen molar-refractivity contribution in [2.45, 2.75) is 43.9 Å². The molecule has 3 heterocycles. The van der Waals surface area contributed by atoms with Gasteiger partial charge >= 0.3 is 0 Å². The highest BCUT2D eigenvalue weighted by molar-refractivity contribution is 5.71. The van der Waals surface area contributed by atoms with Gasteiger partial charge in [0.1, 0.15) is 11.6 Å². The number of nitrogens with two attached hydrogens (primary N) is 1. The molecule has 0 spiro atoms. The molecule has 1 fully saturated rings. The Morgan fingerprint density at radius 2 is 1.87 bits per heavy atom. The van der Waals surface area contributed by atoms with Gasteiger partial charge in [-0.15, -0.1) is 5.10 Å². The predicted molar refractivity (Wildman–Crippen MR) is 113 cm³/mol. The van der Waals surface area contributed by atoms with Crippen molar-refractivity contribution in [3.63, 3.8) is 0 Å². The number of ether oxygens (including phenoxy) is 1. The van der Waals surface area contributed by atoms with Crippen LogP contribution in [0, 0.1) is 11.3 Å². The Kier molecular flexibility index (Phi) is 4.72. The maximum atomic E-state index is 9.78. The number of benzene rings is 1. The third kappa shape index (κ3) is 3.13. The Labute approximate surface area is 175 Å². The zero-order valence-corrected chi connectivity index (χ0v) is 16.6. The molecule has 6 nitrogen and oxygen atoms in total. The third-order valence-electron chi connectivity index (χ3n) is 6.23. The lowest BCUT2D eigenvalue weighted by molar-refractivity contribution is 0.379. The van der Waals surface area contributed by atoms with E-state index in [1.807, 2.05) is 12.1 Å². The molecule has 2 aromatic heterocycles. The van der Waals surface area contributed by atoms with E-state index in [4.69, 9.17) is 10.5 Å². The molecule has 5 rings (SSSR count). The van der Waals surface area contributed by atoms with Crippen molar-refractivity contribution in [3.05, 3.63) is 76.9 Å². The minimum Gasteiger partial charge on any atom is -0.420 e. The first-order valence-electron chi connectivity index (χ1n) is 10.4. The fourth-order valence-electron chi connectivity index (χ4n) is 4.70. The molecule has 0 amide bonds. The van der Waals surface area contributed by atoms with Gasteiger partial charge in [-0.25, -0.2) is 0 Å². The zero-order chi connectivity index (χ0) is 20.5. The number of hydrogen-bond donors (Lipinski definition) is 2. The number of fused-ring (bicyclic) bond motifs is 1. The van der Waals surface area contributed by atoms with Crippen LogP contribution in [0.4, 0.5) is 0 Å². The van der Waals surface area contributed by atoms with E-state index in [0.29, 0.717) is 17.4 Å². The molecular weight excluding hydrogens is 374 g/mol. The van der Waals surface area contributed by atoms with E-state index in [1.165, 1.54) is 37.7 Å². The fourth-order valence-corrected chi connectivity index (χ4v) is 4.70. The van der Waals surface area contributed by atoms with Crippen molar-refractivity contribution >= 4 is 0 Å².